The minimum atomic E-state index is -4.37. The molecule has 0 saturated heterocycles. The number of ether oxygens (including phenoxy) is 1. The van der Waals surface area contributed by atoms with Crippen molar-refractivity contribution in [1.29, 1.82) is 0 Å². The Labute approximate surface area is 187 Å². The van der Waals surface area contributed by atoms with E-state index in [-0.39, 0.29) is 16.4 Å². The molecular formula is C25H36O5S. The van der Waals surface area contributed by atoms with Crippen LogP contribution in [-0.2, 0) is 16.5 Å². The van der Waals surface area contributed by atoms with Crippen molar-refractivity contribution in [2.45, 2.75) is 88.9 Å². The van der Waals surface area contributed by atoms with E-state index in [0.29, 0.717) is 5.75 Å². The molecule has 2 aromatic rings. The van der Waals surface area contributed by atoms with E-state index in [9.17, 15) is 18.1 Å². The highest BCUT2D eigenvalue weighted by molar-refractivity contribution is 7.85. The van der Waals surface area contributed by atoms with E-state index in [4.69, 9.17) is 4.74 Å². The Morgan fingerprint density at radius 3 is 1.97 bits per heavy atom. The van der Waals surface area contributed by atoms with Crippen LogP contribution in [0.2, 0.25) is 0 Å². The second-order valence-electron chi connectivity index (χ2n) is 8.10. The number of hydrogen-bond acceptors (Lipinski definition) is 4. The van der Waals surface area contributed by atoms with E-state index in [1.54, 1.807) is 6.07 Å². The number of unbranched alkanes of at least 4 members (excludes halogenated alkanes) is 10. The van der Waals surface area contributed by atoms with E-state index >= 15 is 0 Å². The number of aromatic hydroxyl groups is 1. The Morgan fingerprint density at radius 1 is 0.774 bits per heavy atom. The molecule has 6 heteroatoms. The first-order valence-electron chi connectivity index (χ1n) is 11.5. The average Bonchev–Trinajstić information content (AvgIpc) is 2.74. The number of phenolic OH excluding ortho intramolecular Hbond substituents is 1. The van der Waals surface area contributed by atoms with Gasteiger partial charge in [0.15, 0.2) is 11.5 Å². The van der Waals surface area contributed by atoms with Gasteiger partial charge in [0.25, 0.3) is 10.1 Å². The monoisotopic (exact) mass is 448 g/mol. The molecule has 0 fully saturated rings. The zero-order chi connectivity index (χ0) is 22.5. The Morgan fingerprint density at radius 2 is 1.35 bits per heavy atom. The lowest BCUT2D eigenvalue weighted by atomic mass is 10.0. The predicted octanol–water partition coefficient (Wildman–Crippen LogP) is 7.28. The van der Waals surface area contributed by atoms with Crippen molar-refractivity contribution in [2.24, 2.45) is 0 Å². The number of phenols is 1. The van der Waals surface area contributed by atoms with Gasteiger partial charge in [-0.2, -0.15) is 8.42 Å². The van der Waals surface area contributed by atoms with Crippen LogP contribution in [0.4, 0.5) is 0 Å². The molecule has 172 valence electrons. The zero-order valence-corrected chi connectivity index (χ0v) is 19.4. The SMILES string of the molecule is CCCCCCCCCCCCCc1ccccc1Oc1cc(S(=O)(=O)O)ccc1O. The molecule has 0 bridgehead atoms. The second kappa shape index (κ2) is 13.4. The molecule has 0 radical (unpaired) electrons. The summed E-state index contributed by atoms with van der Waals surface area (Å²) in [5, 5.41) is 10.0. The Balaban J connectivity index is 1.79. The number of hydrogen-bond donors (Lipinski definition) is 2. The molecule has 0 unspecified atom stereocenters. The normalized spacial score (nSPS) is 11.5. The molecule has 0 heterocycles. The van der Waals surface area contributed by atoms with Crippen molar-refractivity contribution >= 4 is 10.1 Å². The lowest BCUT2D eigenvalue weighted by Gasteiger charge is -2.13. The van der Waals surface area contributed by atoms with E-state index in [2.05, 4.69) is 6.92 Å². The molecule has 0 saturated carbocycles. The van der Waals surface area contributed by atoms with E-state index in [0.717, 1.165) is 37.0 Å². The maximum atomic E-state index is 11.4. The van der Waals surface area contributed by atoms with Crippen molar-refractivity contribution in [3.63, 3.8) is 0 Å². The minimum Gasteiger partial charge on any atom is -0.504 e. The number of aryl methyl sites for hydroxylation is 1. The molecule has 2 aromatic carbocycles. The Hall–Kier alpha value is -2.05. The lowest BCUT2D eigenvalue weighted by molar-refractivity contribution is 0.406. The predicted molar refractivity (Wildman–Crippen MR) is 125 cm³/mol. The summed E-state index contributed by atoms with van der Waals surface area (Å²) in [6.45, 7) is 2.25. The van der Waals surface area contributed by atoms with Crippen LogP contribution in [0.15, 0.2) is 47.4 Å². The first kappa shape index (κ1) is 25.2. The standard InChI is InChI=1S/C25H36O5S/c1-2-3-4-5-6-7-8-9-10-11-12-15-21-16-13-14-17-24(21)30-25-20-22(31(27,28)29)18-19-23(25)26/h13-14,16-20,26H,2-12,15H2,1H3,(H,27,28,29). The fourth-order valence-electron chi connectivity index (χ4n) is 3.64. The number of benzene rings is 2. The molecule has 0 aromatic heterocycles. The van der Waals surface area contributed by atoms with Gasteiger partial charge in [0, 0.05) is 6.07 Å². The van der Waals surface area contributed by atoms with Gasteiger partial charge in [-0.25, -0.2) is 0 Å². The van der Waals surface area contributed by atoms with E-state index < -0.39 is 10.1 Å². The number of para-hydroxylation sites is 1. The third-order valence-corrected chi connectivity index (χ3v) is 6.32. The van der Waals surface area contributed by atoms with Crippen LogP contribution in [-0.4, -0.2) is 18.1 Å². The molecule has 0 atom stereocenters. The van der Waals surface area contributed by atoms with Gasteiger partial charge in [0.2, 0.25) is 0 Å². The second-order valence-corrected chi connectivity index (χ2v) is 9.52. The van der Waals surface area contributed by atoms with Crippen molar-refractivity contribution in [1.82, 2.24) is 0 Å². The molecule has 0 aliphatic rings. The maximum Gasteiger partial charge on any atom is 0.294 e. The van der Waals surface area contributed by atoms with Gasteiger partial charge in [-0.1, -0.05) is 89.3 Å². The van der Waals surface area contributed by atoms with Gasteiger partial charge in [-0.3, -0.25) is 4.55 Å². The van der Waals surface area contributed by atoms with Gasteiger partial charge in [0.05, 0.1) is 4.90 Å². The van der Waals surface area contributed by atoms with Crippen LogP contribution < -0.4 is 4.74 Å². The van der Waals surface area contributed by atoms with Crippen LogP contribution in [0.1, 0.15) is 83.1 Å². The van der Waals surface area contributed by atoms with Crippen LogP contribution in [0.3, 0.4) is 0 Å². The smallest absolute Gasteiger partial charge is 0.294 e. The van der Waals surface area contributed by atoms with Crippen molar-refractivity contribution in [3.05, 3.63) is 48.0 Å². The largest absolute Gasteiger partial charge is 0.504 e. The summed E-state index contributed by atoms with van der Waals surface area (Å²) in [7, 11) is -4.37. The fourth-order valence-corrected chi connectivity index (χ4v) is 4.14. The van der Waals surface area contributed by atoms with Crippen LogP contribution in [0, 0.1) is 0 Å². The van der Waals surface area contributed by atoms with E-state index in [1.807, 2.05) is 18.2 Å². The summed E-state index contributed by atoms with van der Waals surface area (Å²) < 4.78 is 37.8. The first-order valence-corrected chi connectivity index (χ1v) is 12.9. The first-order chi connectivity index (χ1) is 14.9. The van der Waals surface area contributed by atoms with Crippen molar-refractivity contribution < 1.29 is 22.8 Å². The molecular weight excluding hydrogens is 412 g/mol. The Kier molecular flexibility index (Phi) is 10.9. The van der Waals surface area contributed by atoms with Crippen LogP contribution in [0.25, 0.3) is 0 Å². The molecule has 31 heavy (non-hydrogen) atoms. The van der Waals surface area contributed by atoms with Crippen LogP contribution in [0.5, 0.6) is 17.2 Å². The van der Waals surface area contributed by atoms with E-state index in [1.165, 1.54) is 63.9 Å². The summed E-state index contributed by atoms with van der Waals surface area (Å²) in [6.07, 6.45) is 15.0. The molecule has 2 N–H and O–H groups in total. The van der Waals surface area contributed by atoms with Gasteiger partial charge in [-0.15, -0.1) is 0 Å². The average molecular weight is 449 g/mol. The molecule has 0 aliphatic heterocycles. The van der Waals surface area contributed by atoms with Crippen molar-refractivity contribution in [3.8, 4) is 17.2 Å². The highest BCUT2D eigenvalue weighted by Crippen LogP contribution is 2.34. The lowest BCUT2D eigenvalue weighted by Crippen LogP contribution is -1.99. The van der Waals surface area contributed by atoms with Gasteiger partial charge in [0.1, 0.15) is 5.75 Å². The molecule has 5 nitrogen and oxygen atoms in total. The van der Waals surface area contributed by atoms with Crippen molar-refractivity contribution in [2.75, 3.05) is 0 Å². The minimum absolute atomic E-state index is 0.00140. The molecule has 0 amide bonds. The number of rotatable bonds is 15. The quantitative estimate of drug-likeness (QED) is 0.221. The third kappa shape index (κ3) is 9.32. The molecule has 0 spiro atoms. The van der Waals surface area contributed by atoms with Crippen LogP contribution >= 0.6 is 0 Å². The zero-order valence-electron chi connectivity index (χ0n) is 18.6. The topological polar surface area (TPSA) is 83.8 Å². The third-order valence-electron chi connectivity index (χ3n) is 5.47. The summed E-state index contributed by atoms with van der Waals surface area (Å²) in [6, 6.07) is 11.0. The summed E-state index contributed by atoms with van der Waals surface area (Å²) in [5.41, 5.74) is 1.01. The van der Waals surface area contributed by atoms with Gasteiger partial charge < -0.3 is 9.84 Å². The molecule has 0 aliphatic carbocycles. The van der Waals surface area contributed by atoms with Gasteiger partial charge in [-0.05, 0) is 36.6 Å². The molecule has 2 rings (SSSR count). The highest BCUT2D eigenvalue weighted by atomic mass is 32.2. The summed E-state index contributed by atoms with van der Waals surface area (Å²) >= 11 is 0. The van der Waals surface area contributed by atoms with Gasteiger partial charge >= 0.3 is 0 Å². The Bertz CT molecular complexity index is 893. The highest BCUT2D eigenvalue weighted by Gasteiger charge is 2.15. The fraction of sp³-hybridized carbons (Fsp3) is 0.520. The summed E-state index contributed by atoms with van der Waals surface area (Å²) in [4.78, 5) is -0.317. The summed E-state index contributed by atoms with van der Waals surface area (Å²) in [5.74, 6) is 0.399. The maximum absolute atomic E-state index is 11.4.